The molecule has 114 valence electrons. The number of nitrogens with one attached hydrogen (secondary N) is 1. The van der Waals surface area contributed by atoms with Gasteiger partial charge in [-0.1, -0.05) is 6.92 Å². The van der Waals surface area contributed by atoms with Crippen molar-refractivity contribution in [2.24, 2.45) is 0 Å². The highest BCUT2D eigenvalue weighted by Crippen LogP contribution is 2.32. The Morgan fingerprint density at radius 1 is 1.38 bits per heavy atom. The molecule has 2 rings (SSSR count). The molecule has 1 saturated heterocycles. The molecule has 0 bridgehead atoms. The monoisotopic (exact) mass is 295 g/mol. The third kappa shape index (κ3) is 2.61. The molecule has 1 atom stereocenters. The molecule has 0 spiro atoms. The number of likely N-dealkylation sites (tertiary alicyclic amines) is 1. The molecule has 1 aliphatic rings. The number of amides is 1. The van der Waals surface area contributed by atoms with Crippen molar-refractivity contribution >= 4 is 11.9 Å². The van der Waals surface area contributed by atoms with Crippen LogP contribution < -0.4 is 11.1 Å². The first-order valence-electron chi connectivity index (χ1n) is 6.75. The maximum Gasteiger partial charge on any atom is 0.329 e. The Labute approximate surface area is 120 Å². The van der Waals surface area contributed by atoms with Crippen LogP contribution in [0.25, 0.3) is 0 Å². The van der Waals surface area contributed by atoms with E-state index in [4.69, 9.17) is 0 Å². The molecule has 0 saturated carbocycles. The Morgan fingerprint density at radius 3 is 2.71 bits per heavy atom. The Bertz CT molecular complexity index is 677. The van der Waals surface area contributed by atoms with Crippen molar-refractivity contribution in [2.75, 3.05) is 6.54 Å². The molecule has 1 aromatic heterocycles. The van der Waals surface area contributed by atoms with Gasteiger partial charge in [-0.15, -0.1) is 0 Å². The van der Waals surface area contributed by atoms with E-state index in [1.54, 1.807) is 6.92 Å². The van der Waals surface area contributed by atoms with Gasteiger partial charge in [0.15, 0.2) is 0 Å². The van der Waals surface area contributed by atoms with Crippen LogP contribution in [0.3, 0.4) is 0 Å². The average molecular weight is 295 g/mol. The topological polar surface area (TPSA) is 112 Å². The second-order valence-corrected chi connectivity index (χ2v) is 5.07. The van der Waals surface area contributed by atoms with Crippen LogP contribution in [0, 0.1) is 0 Å². The van der Waals surface area contributed by atoms with Gasteiger partial charge in [0.2, 0.25) is 5.91 Å². The lowest BCUT2D eigenvalue weighted by Crippen LogP contribution is -2.54. The van der Waals surface area contributed by atoms with Gasteiger partial charge in [-0.05, 0) is 19.3 Å². The summed E-state index contributed by atoms with van der Waals surface area (Å²) in [5.41, 5.74) is -2.22. The summed E-state index contributed by atoms with van der Waals surface area (Å²) in [4.78, 5) is 48.0. The highest BCUT2D eigenvalue weighted by atomic mass is 16.4. The molecule has 0 radical (unpaired) electrons. The van der Waals surface area contributed by atoms with Crippen LogP contribution in [0.5, 0.6) is 0 Å². The van der Waals surface area contributed by atoms with Gasteiger partial charge < -0.3 is 10.0 Å². The van der Waals surface area contributed by atoms with E-state index in [-0.39, 0.29) is 6.54 Å². The van der Waals surface area contributed by atoms with Crippen molar-refractivity contribution in [1.82, 2.24) is 14.7 Å². The van der Waals surface area contributed by atoms with Gasteiger partial charge in [0.1, 0.15) is 12.1 Å². The minimum absolute atomic E-state index is 0.300. The second-order valence-electron chi connectivity index (χ2n) is 5.07. The fourth-order valence-corrected chi connectivity index (χ4v) is 2.78. The van der Waals surface area contributed by atoms with Crippen molar-refractivity contribution < 1.29 is 14.7 Å². The molecule has 2 N–H and O–H groups in total. The fourth-order valence-electron chi connectivity index (χ4n) is 2.78. The highest BCUT2D eigenvalue weighted by Gasteiger charge is 2.48. The molecule has 8 heteroatoms. The number of aliphatic carboxylic acids is 1. The summed E-state index contributed by atoms with van der Waals surface area (Å²) in [7, 11) is 0. The third-order valence-electron chi connectivity index (χ3n) is 3.95. The zero-order valence-electron chi connectivity index (χ0n) is 11.7. The SMILES string of the molecule is CCC1(C(=O)O)CCCN1C(=O)Cn1[nH]c(=O)ccc1=O. The van der Waals surface area contributed by atoms with Crippen molar-refractivity contribution in [2.45, 2.75) is 38.3 Å². The smallest absolute Gasteiger partial charge is 0.329 e. The van der Waals surface area contributed by atoms with Crippen molar-refractivity contribution in [3.8, 4) is 0 Å². The lowest BCUT2D eigenvalue weighted by Gasteiger charge is -2.33. The van der Waals surface area contributed by atoms with Crippen LogP contribution in [0.1, 0.15) is 26.2 Å². The molecule has 1 amide bonds. The van der Waals surface area contributed by atoms with Crippen molar-refractivity contribution in [3.05, 3.63) is 32.8 Å². The largest absolute Gasteiger partial charge is 0.479 e. The quantitative estimate of drug-likeness (QED) is 0.769. The summed E-state index contributed by atoms with van der Waals surface area (Å²) in [6.45, 7) is 1.69. The molecule has 1 unspecified atom stereocenters. The standard InChI is InChI=1S/C13H17N3O5/c1-2-13(12(20)21)6-3-7-15(13)11(19)8-16-10(18)5-4-9(17)14-16/h4-5H,2-3,6-8H2,1H3,(H,14,17)(H,20,21). The summed E-state index contributed by atoms with van der Waals surface area (Å²) >= 11 is 0. The Hall–Kier alpha value is -2.38. The number of aromatic amines is 1. The number of nitrogens with zero attached hydrogens (tertiary/aromatic N) is 2. The minimum Gasteiger partial charge on any atom is -0.479 e. The Balaban J connectivity index is 2.27. The van der Waals surface area contributed by atoms with Crippen LogP contribution in [0.4, 0.5) is 0 Å². The van der Waals surface area contributed by atoms with Crippen molar-refractivity contribution in [3.63, 3.8) is 0 Å². The van der Waals surface area contributed by atoms with Gasteiger partial charge in [-0.2, -0.15) is 0 Å². The first-order valence-corrected chi connectivity index (χ1v) is 6.75. The molecule has 1 aliphatic heterocycles. The van der Waals surface area contributed by atoms with Gasteiger partial charge in [-0.3, -0.25) is 19.5 Å². The van der Waals surface area contributed by atoms with E-state index >= 15 is 0 Å². The fraction of sp³-hybridized carbons (Fsp3) is 0.538. The van der Waals surface area contributed by atoms with Crippen LogP contribution in [-0.2, 0) is 16.1 Å². The number of H-pyrrole nitrogens is 1. The maximum absolute atomic E-state index is 12.3. The highest BCUT2D eigenvalue weighted by molar-refractivity contribution is 5.87. The number of rotatable bonds is 4. The normalized spacial score (nSPS) is 21.5. The molecule has 2 heterocycles. The molecule has 1 fully saturated rings. The summed E-state index contributed by atoms with van der Waals surface area (Å²) in [6, 6.07) is 2.15. The number of hydrogen-bond acceptors (Lipinski definition) is 4. The predicted octanol–water partition coefficient (Wildman–Crippen LogP) is -0.608. The molecule has 0 aliphatic carbocycles. The van der Waals surface area contributed by atoms with E-state index in [0.717, 1.165) is 16.8 Å². The zero-order chi connectivity index (χ0) is 15.6. The number of hydrogen-bond donors (Lipinski definition) is 2. The lowest BCUT2D eigenvalue weighted by molar-refractivity contribution is -0.157. The average Bonchev–Trinajstić information content (AvgIpc) is 2.88. The van der Waals surface area contributed by atoms with Gasteiger partial charge in [0.25, 0.3) is 11.1 Å². The maximum atomic E-state index is 12.3. The van der Waals surface area contributed by atoms with Crippen LogP contribution in [-0.4, -0.2) is 43.7 Å². The molecular weight excluding hydrogens is 278 g/mol. The van der Waals surface area contributed by atoms with E-state index in [2.05, 4.69) is 5.10 Å². The number of carboxylic acids is 1. The van der Waals surface area contributed by atoms with Crippen LogP contribution in [0.15, 0.2) is 21.7 Å². The molecule has 0 aromatic carbocycles. The summed E-state index contributed by atoms with van der Waals surface area (Å²) < 4.78 is 0.894. The van der Waals surface area contributed by atoms with E-state index in [9.17, 15) is 24.3 Å². The van der Waals surface area contributed by atoms with Crippen molar-refractivity contribution in [1.29, 1.82) is 0 Å². The first kappa shape index (κ1) is 15.0. The molecule has 21 heavy (non-hydrogen) atoms. The van der Waals surface area contributed by atoms with Crippen LogP contribution >= 0.6 is 0 Å². The Kier molecular flexibility index (Phi) is 3.97. The second kappa shape index (κ2) is 5.55. The van der Waals surface area contributed by atoms with E-state index < -0.39 is 28.5 Å². The number of carbonyl (C=O) groups excluding carboxylic acids is 1. The first-order chi connectivity index (χ1) is 9.90. The summed E-state index contributed by atoms with van der Waals surface area (Å²) in [5, 5.41) is 11.7. The molecule has 1 aromatic rings. The lowest BCUT2D eigenvalue weighted by atomic mass is 9.93. The molecule has 8 nitrogen and oxygen atoms in total. The number of carbonyl (C=O) groups is 2. The third-order valence-corrected chi connectivity index (χ3v) is 3.95. The number of aromatic nitrogens is 2. The zero-order valence-corrected chi connectivity index (χ0v) is 11.7. The van der Waals surface area contributed by atoms with E-state index in [0.29, 0.717) is 25.8 Å². The molecular formula is C13H17N3O5. The number of carboxylic acid groups (broad SMARTS) is 1. The van der Waals surface area contributed by atoms with Gasteiger partial charge >= 0.3 is 5.97 Å². The Morgan fingerprint density at radius 2 is 2.10 bits per heavy atom. The minimum atomic E-state index is -1.21. The van der Waals surface area contributed by atoms with Gasteiger partial charge in [-0.25, -0.2) is 9.48 Å². The summed E-state index contributed by atoms with van der Waals surface area (Å²) in [5.74, 6) is -1.52. The van der Waals surface area contributed by atoms with E-state index in [1.165, 1.54) is 4.90 Å². The van der Waals surface area contributed by atoms with Crippen LogP contribution in [0.2, 0.25) is 0 Å². The summed E-state index contributed by atoms with van der Waals surface area (Å²) in [6.07, 6.45) is 1.30. The predicted molar refractivity (Wildman–Crippen MR) is 72.9 cm³/mol. The van der Waals surface area contributed by atoms with Gasteiger partial charge in [0.05, 0.1) is 0 Å². The van der Waals surface area contributed by atoms with Gasteiger partial charge in [0, 0.05) is 18.7 Å². The van der Waals surface area contributed by atoms with E-state index in [1.807, 2.05) is 0 Å².